The molecular formula is C8H7F5N2O2. The monoisotopic (exact) mass is 258 g/mol. The number of amides is 1. The summed E-state index contributed by atoms with van der Waals surface area (Å²) >= 11 is 0. The Morgan fingerprint density at radius 1 is 1.41 bits per heavy atom. The van der Waals surface area contributed by atoms with Crippen molar-refractivity contribution in [2.24, 2.45) is 0 Å². The fraction of sp³-hybridized carbons (Fsp3) is 0.500. The maximum atomic E-state index is 12.4. The van der Waals surface area contributed by atoms with Crippen molar-refractivity contribution in [3.05, 3.63) is 17.5 Å². The number of aromatic nitrogens is 1. The van der Waals surface area contributed by atoms with Gasteiger partial charge in [0.1, 0.15) is 0 Å². The molecule has 0 fully saturated rings. The molecule has 1 heterocycles. The van der Waals surface area contributed by atoms with E-state index in [9.17, 15) is 26.7 Å². The summed E-state index contributed by atoms with van der Waals surface area (Å²) in [5, 5.41) is 4.79. The molecule has 0 bridgehead atoms. The van der Waals surface area contributed by atoms with Crippen molar-refractivity contribution in [2.75, 3.05) is 0 Å². The van der Waals surface area contributed by atoms with Crippen LogP contribution in [-0.2, 0) is 11.3 Å². The number of carbonyl (C=O) groups excluding carboxylic acids is 1. The zero-order valence-corrected chi connectivity index (χ0v) is 8.44. The van der Waals surface area contributed by atoms with E-state index in [2.05, 4.69) is 9.68 Å². The van der Waals surface area contributed by atoms with Crippen molar-refractivity contribution in [2.45, 2.75) is 25.6 Å². The number of nitrogens with zero attached hydrogens (tertiary/aromatic N) is 1. The third-order valence-corrected chi connectivity index (χ3v) is 1.74. The van der Waals surface area contributed by atoms with E-state index in [1.807, 2.05) is 0 Å². The molecule has 0 aliphatic rings. The average Bonchev–Trinajstić information content (AvgIpc) is 2.58. The summed E-state index contributed by atoms with van der Waals surface area (Å²) in [5.41, 5.74) is 0.414. The number of alkyl halides is 5. The zero-order valence-electron chi connectivity index (χ0n) is 8.44. The fourth-order valence-electron chi connectivity index (χ4n) is 0.907. The van der Waals surface area contributed by atoms with Gasteiger partial charge in [-0.25, -0.2) is 0 Å². The smallest absolute Gasteiger partial charge is 0.359 e. The second-order valence-corrected chi connectivity index (χ2v) is 3.19. The molecule has 0 saturated carbocycles. The van der Waals surface area contributed by atoms with Gasteiger partial charge in [-0.3, -0.25) is 4.79 Å². The van der Waals surface area contributed by atoms with Gasteiger partial charge in [0.05, 0.1) is 12.2 Å². The Balaban J connectivity index is 2.61. The third-order valence-electron chi connectivity index (χ3n) is 1.74. The second kappa shape index (κ2) is 4.30. The van der Waals surface area contributed by atoms with E-state index in [-0.39, 0.29) is 5.76 Å². The molecule has 1 aromatic rings. The van der Waals surface area contributed by atoms with Crippen molar-refractivity contribution in [3.8, 4) is 0 Å². The lowest BCUT2D eigenvalue weighted by atomic mass is 10.3. The van der Waals surface area contributed by atoms with Gasteiger partial charge in [-0.05, 0) is 6.92 Å². The summed E-state index contributed by atoms with van der Waals surface area (Å²) in [6.45, 7) is 0.935. The summed E-state index contributed by atoms with van der Waals surface area (Å²) in [6.07, 6.45) is -5.92. The molecule has 0 saturated heterocycles. The van der Waals surface area contributed by atoms with Crippen LogP contribution in [0.5, 0.6) is 0 Å². The lowest BCUT2D eigenvalue weighted by molar-refractivity contribution is -0.269. The minimum absolute atomic E-state index is 0.0196. The van der Waals surface area contributed by atoms with E-state index in [4.69, 9.17) is 0 Å². The van der Waals surface area contributed by atoms with Crippen LogP contribution in [0, 0.1) is 6.92 Å². The van der Waals surface area contributed by atoms with E-state index < -0.39 is 24.6 Å². The van der Waals surface area contributed by atoms with Gasteiger partial charge in [0.25, 0.3) is 0 Å². The Morgan fingerprint density at radius 2 is 2.00 bits per heavy atom. The minimum Gasteiger partial charge on any atom is -0.359 e. The van der Waals surface area contributed by atoms with Crippen molar-refractivity contribution in [3.63, 3.8) is 0 Å². The van der Waals surface area contributed by atoms with Gasteiger partial charge in [0.15, 0.2) is 5.76 Å². The Kier molecular flexibility index (Phi) is 3.39. The van der Waals surface area contributed by atoms with Crippen LogP contribution in [0.3, 0.4) is 0 Å². The quantitative estimate of drug-likeness (QED) is 0.841. The van der Waals surface area contributed by atoms with Gasteiger partial charge in [-0.15, -0.1) is 0 Å². The Hall–Kier alpha value is -1.67. The highest BCUT2D eigenvalue weighted by Gasteiger charge is 2.63. The van der Waals surface area contributed by atoms with E-state index in [0.29, 0.717) is 5.69 Å². The molecule has 96 valence electrons. The maximum absolute atomic E-state index is 12.4. The average molecular weight is 258 g/mol. The molecule has 1 rings (SSSR count). The van der Waals surface area contributed by atoms with Crippen molar-refractivity contribution in [1.82, 2.24) is 10.5 Å². The molecule has 0 atom stereocenters. The van der Waals surface area contributed by atoms with Crippen LogP contribution in [-0.4, -0.2) is 23.2 Å². The minimum atomic E-state index is -5.92. The molecule has 0 unspecified atom stereocenters. The van der Waals surface area contributed by atoms with Gasteiger partial charge in [-0.1, -0.05) is 5.16 Å². The summed E-state index contributed by atoms with van der Waals surface area (Å²) in [4.78, 5) is 10.6. The fourth-order valence-corrected chi connectivity index (χ4v) is 0.907. The van der Waals surface area contributed by atoms with Crippen LogP contribution in [0.2, 0.25) is 0 Å². The lowest BCUT2D eigenvalue weighted by Crippen LogP contribution is -2.50. The van der Waals surface area contributed by atoms with Crippen molar-refractivity contribution >= 4 is 5.91 Å². The van der Waals surface area contributed by atoms with Crippen LogP contribution >= 0.6 is 0 Å². The van der Waals surface area contributed by atoms with Crippen LogP contribution < -0.4 is 5.32 Å². The topological polar surface area (TPSA) is 55.1 Å². The van der Waals surface area contributed by atoms with Gasteiger partial charge >= 0.3 is 18.0 Å². The van der Waals surface area contributed by atoms with E-state index in [1.54, 1.807) is 0 Å². The first-order valence-electron chi connectivity index (χ1n) is 4.29. The highest BCUT2D eigenvalue weighted by atomic mass is 19.4. The molecule has 1 N–H and O–H groups in total. The van der Waals surface area contributed by atoms with Gasteiger partial charge in [0, 0.05) is 6.07 Å². The largest absolute Gasteiger partial charge is 0.463 e. The van der Waals surface area contributed by atoms with Crippen LogP contribution in [0.4, 0.5) is 22.0 Å². The lowest BCUT2D eigenvalue weighted by Gasteiger charge is -2.18. The molecular weight excluding hydrogens is 251 g/mol. The first kappa shape index (κ1) is 13.4. The first-order chi connectivity index (χ1) is 7.64. The third kappa shape index (κ3) is 2.92. The highest BCUT2D eigenvalue weighted by molar-refractivity contribution is 5.84. The molecule has 4 nitrogen and oxygen atoms in total. The van der Waals surface area contributed by atoms with Gasteiger partial charge in [0.2, 0.25) is 0 Å². The SMILES string of the molecule is Cc1cc(CNC(=O)C(F)(F)C(F)(F)F)on1. The molecule has 0 aliphatic heterocycles. The number of hydrogen-bond donors (Lipinski definition) is 1. The van der Waals surface area contributed by atoms with Crippen molar-refractivity contribution in [1.29, 1.82) is 0 Å². The highest BCUT2D eigenvalue weighted by Crippen LogP contribution is 2.35. The normalized spacial score (nSPS) is 12.6. The molecule has 0 spiro atoms. The predicted molar refractivity (Wildman–Crippen MR) is 44.1 cm³/mol. The maximum Gasteiger partial charge on any atom is 0.463 e. The van der Waals surface area contributed by atoms with E-state index in [0.717, 1.165) is 0 Å². The van der Waals surface area contributed by atoms with E-state index >= 15 is 0 Å². The van der Waals surface area contributed by atoms with Crippen molar-refractivity contribution < 1.29 is 31.3 Å². The second-order valence-electron chi connectivity index (χ2n) is 3.19. The standard InChI is InChI=1S/C8H7F5N2O2/c1-4-2-5(17-15-4)3-14-6(16)7(9,10)8(11,12)13/h2H,3H2,1H3,(H,14,16). The number of nitrogens with one attached hydrogen (secondary N) is 1. The molecule has 0 aliphatic carbocycles. The first-order valence-corrected chi connectivity index (χ1v) is 4.29. The number of aryl methyl sites for hydroxylation is 1. The summed E-state index contributed by atoms with van der Waals surface area (Å²) < 4.78 is 64.7. The zero-order chi connectivity index (χ0) is 13.3. The van der Waals surface area contributed by atoms with Gasteiger partial charge in [-0.2, -0.15) is 22.0 Å². The summed E-state index contributed by atoms with van der Waals surface area (Å²) in [7, 11) is 0. The molecule has 1 amide bonds. The Morgan fingerprint density at radius 3 is 2.41 bits per heavy atom. The van der Waals surface area contributed by atoms with Crippen LogP contribution in [0.15, 0.2) is 10.6 Å². The number of carbonyl (C=O) groups is 1. The van der Waals surface area contributed by atoms with E-state index in [1.165, 1.54) is 18.3 Å². The number of halogens is 5. The van der Waals surface area contributed by atoms with Crippen LogP contribution in [0.25, 0.3) is 0 Å². The number of hydrogen-bond acceptors (Lipinski definition) is 3. The summed E-state index contributed by atoms with van der Waals surface area (Å²) in [5.74, 6) is -7.88. The molecule has 17 heavy (non-hydrogen) atoms. The molecule has 0 aromatic carbocycles. The molecule has 0 radical (unpaired) electrons. The Labute approximate surface area is 91.8 Å². The summed E-state index contributed by atoms with van der Waals surface area (Å²) in [6, 6.07) is 1.30. The molecule has 9 heteroatoms. The number of rotatable bonds is 3. The molecule has 1 aromatic heterocycles. The van der Waals surface area contributed by atoms with Crippen LogP contribution in [0.1, 0.15) is 11.5 Å². The Bertz CT molecular complexity index is 412. The predicted octanol–water partition coefficient (Wildman–Crippen LogP) is 1.80. The van der Waals surface area contributed by atoms with Gasteiger partial charge < -0.3 is 9.84 Å².